The number of terminal acetylenes is 1. The van der Waals surface area contributed by atoms with Gasteiger partial charge in [-0.25, -0.2) is 0 Å². The minimum Gasteiger partial charge on any atom is -0.371 e. The number of anilines is 1. The lowest BCUT2D eigenvalue weighted by Gasteiger charge is -2.23. The zero-order chi connectivity index (χ0) is 10.4. The summed E-state index contributed by atoms with van der Waals surface area (Å²) >= 11 is 0. The van der Waals surface area contributed by atoms with Crippen molar-refractivity contribution in [3.8, 4) is 12.3 Å². The Bertz CT molecular complexity index is 322. The summed E-state index contributed by atoms with van der Waals surface area (Å²) in [6, 6.07) is 8.41. The Labute approximate surface area is 86.7 Å². The van der Waals surface area contributed by atoms with Gasteiger partial charge in [0, 0.05) is 25.2 Å². The van der Waals surface area contributed by atoms with E-state index in [9.17, 15) is 0 Å². The van der Waals surface area contributed by atoms with Crippen molar-refractivity contribution in [3.05, 3.63) is 29.8 Å². The SMILES string of the molecule is C#CCCN(CC)c1ccccc1C. The molecule has 1 rings (SSSR count). The van der Waals surface area contributed by atoms with Crippen LogP contribution in [0.15, 0.2) is 24.3 Å². The minimum atomic E-state index is 0.808. The lowest BCUT2D eigenvalue weighted by Crippen LogP contribution is -2.24. The molecule has 0 saturated carbocycles. The smallest absolute Gasteiger partial charge is 0.0396 e. The van der Waals surface area contributed by atoms with Gasteiger partial charge in [0.25, 0.3) is 0 Å². The quantitative estimate of drug-likeness (QED) is 0.655. The molecule has 0 atom stereocenters. The van der Waals surface area contributed by atoms with E-state index in [0.29, 0.717) is 0 Å². The summed E-state index contributed by atoms with van der Waals surface area (Å²) in [6.45, 7) is 6.24. The fraction of sp³-hybridized carbons (Fsp3) is 0.385. The molecule has 0 N–H and O–H groups in total. The molecule has 0 radical (unpaired) electrons. The van der Waals surface area contributed by atoms with Gasteiger partial charge in [-0.05, 0) is 25.5 Å². The van der Waals surface area contributed by atoms with Gasteiger partial charge in [-0.1, -0.05) is 18.2 Å². The first-order valence-electron chi connectivity index (χ1n) is 5.03. The van der Waals surface area contributed by atoms with Crippen molar-refractivity contribution in [2.75, 3.05) is 18.0 Å². The maximum absolute atomic E-state index is 5.27. The zero-order valence-corrected chi connectivity index (χ0v) is 8.96. The minimum absolute atomic E-state index is 0.808. The van der Waals surface area contributed by atoms with Crippen LogP contribution >= 0.6 is 0 Å². The largest absolute Gasteiger partial charge is 0.371 e. The van der Waals surface area contributed by atoms with E-state index >= 15 is 0 Å². The van der Waals surface area contributed by atoms with E-state index in [2.05, 4.69) is 48.9 Å². The van der Waals surface area contributed by atoms with Crippen LogP contribution in [-0.4, -0.2) is 13.1 Å². The first kappa shape index (κ1) is 10.7. The third-order valence-electron chi connectivity index (χ3n) is 2.36. The second-order valence-electron chi connectivity index (χ2n) is 3.32. The molecule has 0 heterocycles. The highest BCUT2D eigenvalue weighted by atomic mass is 15.1. The molecule has 0 aliphatic carbocycles. The molecule has 0 aliphatic rings. The molecule has 74 valence electrons. The summed E-state index contributed by atoms with van der Waals surface area (Å²) in [4.78, 5) is 2.31. The van der Waals surface area contributed by atoms with Gasteiger partial charge < -0.3 is 4.90 Å². The van der Waals surface area contributed by atoms with Gasteiger partial charge in [-0.3, -0.25) is 0 Å². The molecule has 0 bridgehead atoms. The van der Waals surface area contributed by atoms with E-state index in [0.717, 1.165) is 19.5 Å². The van der Waals surface area contributed by atoms with Crippen LogP contribution in [0.5, 0.6) is 0 Å². The average molecular weight is 187 g/mol. The summed E-state index contributed by atoms with van der Waals surface area (Å²) in [5.74, 6) is 2.68. The third-order valence-corrected chi connectivity index (χ3v) is 2.36. The normalized spacial score (nSPS) is 9.50. The molecule has 0 unspecified atom stereocenters. The highest BCUT2D eigenvalue weighted by Gasteiger charge is 2.04. The average Bonchev–Trinajstić information content (AvgIpc) is 2.21. The number of benzene rings is 1. The van der Waals surface area contributed by atoms with Crippen LogP contribution in [0.25, 0.3) is 0 Å². The number of aryl methyl sites for hydroxylation is 1. The Morgan fingerprint density at radius 2 is 2.07 bits per heavy atom. The maximum atomic E-state index is 5.27. The molecular formula is C13H17N. The topological polar surface area (TPSA) is 3.24 Å². The first-order valence-corrected chi connectivity index (χ1v) is 5.03. The van der Waals surface area contributed by atoms with Gasteiger partial charge in [-0.2, -0.15) is 0 Å². The third kappa shape index (κ3) is 2.53. The second kappa shape index (κ2) is 5.34. The fourth-order valence-electron chi connectivity index (χ4n) is 1.57. The van der Waals surface area contributed by atoms with Crippen LogP contribution in [0.3, 0.4) is 0 Å². The van der Waals surface area contributed by atoms with Crippen LogP contribution in [0.2, 0.25) is 0 Å². The van der Waals surface area contributed by atoms with Gasteiger partial charge in [-0.15, -0.1) is 12.3 Å². The van der Waals surface area contributed by atoms with Crippen molar-refractivity contribution in [1.82, 2.24) is 0 Å². The van der Waals surface area contributed by atoms with E-state index in [-0.39, 0.29) is 0 Å². The van der Waals surface area contributed by atoms with Crippen LogP contribution in [-0.2, 0) is 0 Å². The number of hydrogen-bond donors (Lipinski definition) is 0. The van der Waals surface area contributed by atoms with Crippen molar-refractivity contribution < 1.29 is 0 Å². The Kier molecular flexibility index (Phi) is 4.07. The molecule has 0 aromatic heterocycles. The standard InChI is InChI=1S/C13H17N/c1-4-6-11-14(5-2)13-10-8-7-9-12(13)3/h1,7-10H,5-6,11H2,2-3H3. The summed E-state index contributed by atoms with van der Waals surface area (Å²) in [7, 11) is 0. The van der Waals surface area contributed by atoms with Gasteiger partial charge in [0.15, 0.2) is 0 Å². The van der Waals surface area contributed by atoms with Crippen molar-refractivity contribution in [2.45, 2.75) is 20.3 Å². The molecule has 0 amide bonds. The van der Waals surface area contributed by atoms with Crippen LogP contribution < -0.4 is 4.90 Å². The predicted molar refractivity (Wildman–Crippen MR) is 62.5 cm³/mol. The lowest BCUT2D eigenvalue weighted by atomic mass is 10.2. The molecule has 0 saturated heterocycles. The summed E-state index contributed by atoms with van der Waals surface area (Å²) < 4.78 is 0. The van der Waals surface area contributed by atoms with Crippen molar-refractivity contribution in [1.29, 1.82) is 0 Å². The molecule has 1 aromatic carbocycles. The van der Waals surface area contributed by atoms with Crippen LogP contribution in [0, 0.1) is 19.3 Å². The van der Waals surface area contributed by atoms with Crippen LogP contribution in [0.1, 0.15) is 18.9 Å². The highest BCUT2D eigenvalue weighted by Crippen LogP contribution is 2.18. The molecule has 1 heteroatoms. The van der Waals surface area contributed by atoms with Gasteiger partial charge >= 0.3 is 0 Å². The first-order chi connectivity index (χ1) is 6.79. The number of para-hydroxylation sites is 1. The van der Waals surface area contributed by atoms with Crippen molar-refractivity contribution >= 4 is 5.69 Å². The summed E-state index contributed by atoms with van der Waals surface area (Å²) in [5.41, 5.74) is 2.61. The Balaban J connectivity index is 2.79. The van der Waals surface area contributed by atoms with E-state index < -0.39 is 0 Å². The highest BCUT2D eigenvalue weighted by molar-refractivity contribution is 5.52. The zero-order valence-electron chi connectivity index (χ0n) is 8.96. The number of hydrogen-bond acceptors (Lipinski definition) is 1. The van der Waals surface area contributed by atoms with E-state index in [1.54, 1.807) is 0 Å². The van der Waals surface area contributed by atoms with Crippen LogP contribution in [0.4, 0.5) is 5.69 Å². The molecule has 0 fully saturated rings. The van der Waals surface area contributed by atoms with Crippen molar-refractivity contribution in [2.24, 2.45) is 0 Å². The Morgan fingerprint density at radius 1 is 1.36 bits per heavy atom. The Hall–Kier alpha value is -1.42. The molecule has 14 heavy (non-hydrogen) atoms. The summed E-state index contributed by atoms with van der Waals surface area (Å²) in [5, 5.41) is 0. The Morgan fingerprint density at radius 3 is 2.64 bits per heavy atom. The molecule has 1 nitrogen and oxygen atoms in total. The number of rotatable bonds is 4. The molecule has 1 aromatic rings. The van der Waals surface area contributed by atoms with Gasteiger partial charge in [0.1, 0.15) is 0 Å². The number of nitrogens with zero attached hydrogens (tertiary/aromatic N) is 1. The summed E-state index contributed by atoms with van der Waals surface area (Å²) in [6.07, 6.45) is 6.08. The fourth-order valence-corrected chi connectivity index (χ4v) is 1.57. The predicted octanol–water partition coefficient (Wildman–Crippen LogP) is 2.84. The van der Waals surface area contributed by atoms with Crippen molar-refractivity contribution in [3.63, 3.8) is 0 Å². The lowest BCUT2D eigenvalue weighted by molar-refractivity contribution is 0.828. The maximum Gasteiger partial charge on any atom is 0.0396 e. The van der Waals surface area contributed by atoms with E-state index in [4.69, 9.17) is 6.42 Å². The second-order valence-corrected chi connectivity index (χ2v) is 3.32. The molecule has 0 spiro atoms. The monoisotopic (exact) mass is 187 g/mol. The van der Waals surface area contributed by atoms with E-state index in [1.165, 1.54) is 11.3 Å². The molecule has 0 aliphatic heterocycles. The van der Waals surface area contributed by atoms with Gasteiger partial charge in [0.2, 0.25) is 0 Å². The van der Waals surface area contributed by atoms with Gasteiger partial charge in [0.05, 0.1) is 0 Å². The van der Waals surface area contributed by atoms with E-state index in [1.807, 2.05) is 0 Å². The molecular weight excluding hydrogens is 170 g/mol.